The summed E-state index contributed by atoms with van der Waals surface area (Å²) in [5.74, 6) is 0.608. The Kier molecular flexibility index (Phi) is 4.98. The summed E-state index contributed by atoms with van der Waals surface area (Å²) in [6.07, 6.45) is -1.03. The maximum atomic E-state index is 12.2. The fourth-order valence-corrected chi connectivity index (χ4v) is 2.12. The second kappa shape index (κ2) is 6.72. The summed E-state index contributed by atoms with van der Waals surface area (Å²) in [4.78, 5) is 13.9. The highest BCUT2D eigenvalue weighted by molar-refractivity contribution is 5.81. The van der Waals surface area contributed by atoms with Gasteiger partial charge >= 0.3 is 0 Å². The molecule has 0 aliphatic carbocycles. The minimum Gasteiger partial charge on any atom is -0.481 e. The van der Waals surface area contributed by atoms with E-state index in [1.54, 1.807) is 43.0 Å². The maximum absolute atomic E-state index is 12.2. The molecule has 1 aromatic rings. The standard InChI is InChI=1S/C15H21NO4/c1-11(17)13-3-5-14(6-4-13)20-12(2)15(18)16-7-9-19-10-8-16/h3-6,11-12,17H,7-10H2,1-2H3/t11-,12?/m0/s1. The maximum Gasteiger partial charge on any atom is 0.263 e. The quantitative estimate of drug-likeness (QED) is 0.904. The normalized spacial score (nSPS) is 18.4. The fourth-order valence-electron chi connectivity index (χ4n) is 2.12. The molecule has 5 heteroatoms. The summed E-state index contributed by atoms with van der Waals surface area (Å²) in [5, 5.41) is 9.44. The molecule has 0 radical (unpaired) electrons. The van der Waals surface area contributed by atoms with E-state index in [4.69, 9.17) is 9.47 Å². The Morgan fingerprint density at radius 3 is 2.40 bits per heavy atom. The van der Waals surface area contributed by atoms with Gasteiger partial charge < -0.3 is 19.5 Å². The molecule has 5 nitrogen and oxygen atoms in total. The molecule has 1 aliphatic heterocycles. The molecule has 1 unspecified atom stereocenters. The van der Waals surface area contributed by atoms with Crippen molar-refractivity contribution in [2.75, 3.05) is 26.3 Å². The first-order valence-electron chi connectivity index (χ1n) is 6.89. The highest BCUT2D eigenvalue weighted by atomic mass is 16.5. The van der Waals surface area contributed by atoms with E-state index < -0.39 is 12.2 Å². The van der Waals surface area contributed by atoms with Crippen molar-refractivity contribution in [3.8, 4) is 5.75 Å². The van der Waals surface area contributed by atoms with Gasteiger partial charge in [0.2, 0.25) is 0 Å². The first kappa shape index (κ1) is 14.8. The van der Waals surface area contributed by atoms with E-state index in [0.717, 1.165) is 5.56 Å². The van der Waals surface area contributed by atoms with Crippen LogP contribution in [0.25, 0.3) is 0 Å². The first-order chi connectivity index (χ1) is 9.58. The van der Waals surface area contributed by atoms with Crippen LogP contribution in [0, 0.1) is 0 Å². The Morgan fingerprint density at radius 2 is 1.85 bits per heavy atom. The van der Waals surface area contributed by atoms with Crippen LogP contribution in [-0.4, -0.2) is 48.3 Å². The van der Waals surface area contributed by atoms with Gasteiger partial charge in [0.25, 0.3) is 5.91 Å². The van der Waals surface area contributed by atoms with E-state index >= 15 is 0 Å². The molecule has 1 aromatic carbocycles. The summed E-state index contributed by atoms with van der Waals surface area (Å²) in [6, 6.07) is 7.13. The van der Waals surface area contributed by atoms with E-state index in [1.165, 1.54) is 0 Å². The van der Waals surface area contributed by atoms with Gasteiger partial charge in [0.15, 0.2) is 6.10 Å². The van der Waals surface area contributed by atoms with Gasteiger partial charge in [-0.3, -0.25) is 4.79 Å². The van der Waals surface area contributed by atoms with Crippen molar-refractivity contribution in [1.82, 2.24) is 4.90 Å². The number of aliphatic hydroxyl groups is 1. The monoisotopic (exact) mass is 279 g/mol. The lowest BCUT2D eigenvalue weighted by atomic mass is 10.1. The summed E-state index contributed by atoms with van der Waals surface area (Å²) in [6.45, 7) is 5.87. The number of nitrogens with zero attached hydrogens (tertiary/aromatic N) is 1. The minimum absolute atomic E-state index is 0.0205. The molecule has 1 fully saturated rings. The summed E-state index contributed by atoms with van der Waals surface area (Å²) >= 11 is 0. The number of ether oxygens (including phenoxy) is 2. The molecule has 0 aromatic heterocycles. The van der Waals surface area contributed by atoms with Gasteiger partial charge in [-0.15, -0.1) is 0 Å². The zero-order valence-electron chi connectivity index (χ0n) is 11.9. The lowest BCUT2D eigenvalue weighted by Crippen LogP contribution is -2.46. The SMILES string of the molecule is CC(Oc1ccc([C@H](C)O)cc1)C(=O)N1CCOCC1. The van der Waals surface area contributed by atoms with Crippen LogP contribution in [0.2, 0.25) is 0 Å². The summed E-state index contributed by atoms with van der Waals surface area (Å²) in [7, 11) is 0. The lowest BCUT2D eigenvalue weighted by molar-refractivity contribution is -0.142. The van der Waals surface area contributed by atoms with Crippen LogP contribution in [-0.2, 0) is 9.53 Å². The molecule has 1 amide bonds. The Balaban J connectivity index is 1.92. The van der Waals surface area contributed by atoms with Crippen molar-refractivity contribution in [3.63, 3.8) is 0 Å². The number of morpholine rings is 1. The predicted molar refractivity (Wildman–Crippen MR) is 74.6 cm³/mol. The first-order valence-corrected chi connectivity index (χ1v) is 6.89. The van der Waals surface area contributed by atoms with Gasteiger partial charge in [-0.25, -0.2) is 0 Å². The van der Waals surface area contributed by atoms with Crippen LogP contribution in [0.4, 0.5) is 0 Å². The summed E-state index contributed by atoms with van der Waals surface area (Å²) < 4.78 is 10.9. The second-order valence-electron chi connectivity index (χ2n) is 4.94. The van der Waals surface area contributed by atoms with E-state index in [2.05, 4.69) is 0 Å². The second-order valence-corrected chi connectivity index (χ2v) is 4.94. The third-order valence-corrected chi connectivity index (χ3v) is 3.35. The minimum atomic E-state index is -0.523. The molecule has 0 bridgehead atoms. The van der Waals surface area contributed by atoms with Gasteiger partial charge in [0.1, 0.15) is 5.75 Å². The number of carbonyl (C=O) groups excluding carboxylic acids is 1. The Hall–Kier alpha value is -1.59. The predicted octanol–water partition coefficient (Wildman–Crippen LogP) is 1.37. The highest BCUT2D eigenvalue weighted by Crippen LogP contribution is 2.18. The average Bonchev–Trinajstić information content (AvgIpc) is 2.48. The van der Waals surface area contributed by atoms with Crippen LogP contribution in [0.15, 0.2) is 24.3 Å². The van der Waals surface area contributed by atoms with Crippen molar-refractivity contribution < 1.29 is 19.4 Å². The van der Waals surface area contributed by atoms with E-state index in [1.807, 2.05) is 0 Å². The third kappa shape index (κ3) is 3.71. The van der Waals surface area contributed by atoms with Crippen molar-refractivity contribution >= 4 is 5.91 Å². The van der Waals surface area contributed by atoms with E-state index in [0.29, 0.717) is 32.1 Å². The third-order valence-electron chi connectivity index (χ3n) is 3.35. The highest BCUT2D eigenvalue weighted by Gasteiger charge is 2.23. The average molecular weight is 279 g/mol. The zero-order chi connectivity index (χ0) is 14.5. The fraction of sp³-hybridized carbons (Fsp3) is 0.533. The molecular formula is C15H21NO4. The molecule has 2 atom stereocenters. The Morgan fingerprint density at radius 1 is 1.25 bits per heavy atom. The molecule has 2 rings (SSSR count). The number of aliphatic hydroxyl groups excluding tert-OH is 1. The molecule has 1 saturated heterocycles. The number of benzene rings is 1. The summed E-state index contributed by atoms with van der Waals surface area (Å²) in [5.41, 5.74) is 0.824. The molecule has 20 heavy (non-hydrogen) atoms. The lowest BCUT2D eigenvalue weighted by Gasteiger charge is -2.29. The van der Waals surface area contributed by atoms with Gasteiger partial charge in [0, 0.05) is 13.1 Å². The van der Waals surface area contributed by atoms with Crippen LogP contribution in [0.3, 0.4) is 0 Å². The molecule has 0 saturated carbocycles. The molecule has 0 spiro atoms. The largest absolute Gasteiger partial charge is 0.481 e. The number of hydrogen-bond donors (Lipinski definition) is 1. The number of rotatable bonds is 4. The molecule has 1 heterocycles. The van der Waals surface area contributed by atoms with Gasteiger partial charge in [-0.2, -0.15) is 0 Å². The zero-order valence-corrected chi connectivity index (χ0v) is 11.9. The van der Waals surface area contributed by atoms with Crippen LogP contribution < -0.4 is 4.74 Å². The van der Waals surface area contributed by atoms with Crippen LogP contribution >= 0.6 is 0 Å². The van der Waals surface area contributed by atoms with E-state index in [9.17, 15) is 9.90 Å². The topological polar surface area (TPSA) is 59.0 Å². The van der Waals surface area contributed by atoms with Gasteiger partial charge in [0.05, 0.1) is 19.3 Å². The molecular weight excluding hydrogens is 258 g/mol. The van der Waals surface area contributed by atoms with Gasteiger partial charge in [-0.05, 0) is 31.5 Å². The number of carbonyl (C=O) groups is 1. The number of amides is 1. The van der Waals surface area contributed by atoms with Crippen molar-refractivity contribution in [2.45, 2.75) is 26.1 Å². The Bertz CT molecular complexity index is 438. The smallest absolute Gasteiger partial charge is 0.263 e. The molecule has 1 aliphatic rings. The van der Waals surface area contributed by atoms with E-state index in [-0.39, 0.29) is 5.91 Å². The molecule has 110 valence electrons. The van der Waals surface area contributed by atoms with Crippen LogP contribution in [0.5, 0.6) is 5.75 Å². The Labute approximate surface area is 119 Å². The van der Waals surface area contributed by atoms with Crippen molar-refractivity contribution in [2.24, 2.45) is 0 Å². The number of hydrogen-bond acceptors (Lipinski definition) is 4. The van der Waals surface area contributed by atoms with Gasteiger partial charge in [-0.1, -0.05) is 12.1 Å². The van der Waals surface area contributed by atoms with Crippen molar-refractivity contribution in [1.29, 1.82) is 0 Å². The van der Waals surface area contributed by atoms with Crippen molar-refractivity contribution in [3.05, 3.63) is 29.8 Å². The molecule has 1 N–H and O–H groups in total. The van der Waals surface area contributed by atoms with Crippen LogP contribution in [0.1, 0.15) is 25.5 Å².